The quantitative estimate of drug-likeness (QED) is 0.754. The molecular formula is C15H11N3O2S. The van der Waals surface area contributed by atoms with Crippen molar-refractivity contribution in [3.8, 4) is 0 Å². The molecule has 2 aromatic heterocycles. The average molecular weight is 297 g/mol. The Hall–Kier alpha value is -2.60. The fourth-order valence-corrected chi connectivity index (χ4v) is 2.66. The molecule has 5 nitrogen and oxygen atoms in total. The van der Waals surface area contributed by atoms with E-state index in [-0.39, 0.29) is 11.7 Å². The monoisotopic (exact) mass is 297 g/mol. The summed E-state index contributed by atoms with van der Waals surface area (Å²) in [6.45, 7) is 1.49. The number of ketones is 1. The largest absolute Gasteiger partial charge is 0.306 e. The van der Waals surface area contributed by atoms with Gasteiger partial charge >= 0.3 is 0 Å². The zero-order valence-electron chi connectivity index (χ0n) is 11.2. The van der Waals surface area contributed by atoms with Gasteiger partial charge in [0.1, 0.15) is 17.0 Å². The molecule has 0 aliphatic heterocycles. The number of fused-ring (bicyclic) bond motifs is 1. The molecule has 1 aromatic carbocycles. The van der Waals surface area contributed by atoms with E-state index in [0.717, 1.165) is 10.2 Å². The van der Waals surface area contributed by atoms with Gasteiger partial charge in [0.05, 0.1) is 5.39 Å². The Morgan fingerprint density at radius 3 is 2.48 bits per heavy atom. The van der Waals surface area contributed by atoms with Gasteiger partial charge in [0.2, 0.25) is 0 Å². The number of aromatic nitrogens is 2. The molecule has 0 spiro atoms. The number of carbonyl (C=O) groups excluding carboxylic acids is 2. The Balaban J connectivity index is 1.86. The van der Waals surface area contributed by atoms with Gasteiger partial charge in [-0.25, -0.2) is 9.97 Å². The van der Waals surface area contributed by atoms with E-state index < -0.39 is 0 Å². The average Bonchev–Trinajstić information content (AvgIpc) is 2.97. The number of amides is 1. The predicted octanol–water partition coefficient (Wildman–Crippen LogP) is 3.15. The molecule has 0 saturated carbocycles. The molecule has 3 rings (SSSR count). The van der Waals surface area contributed by atoms with Gasteiger partial charge in [0.15, 0.2) is 5.78 Å². The molecule has 6 heteroatoms. The van der Waals surface area contributed by atoms with E-state index in [2.05, 4.69) is 15.3 Å². The van der Waals surface area contributed by atoms with Crippen LogP contribution in [-0.2, 0) is 0 Å². The minimum atomic E-state index is -0.267. The van der Waals surface area contributed by atoms with Crippen LogP contribution in [0, 0.1) is 0 Å². The fraction of sp³-hybridized carbons (Fsp3) is 0.0667. The standard InChI is InChI=1S/C15H11N3O2S/c1-9(19)10-2-4-11(5-3-10)14(20)18-13-12-6-7-21-15(12)17-8-16-13/h2-8H,1H3,(H,16,17,18,20). The lowest BCUT2D eigenvalue weighted by Crippen LogP contribution is -2.13. The van der Waals surface area contributed by atoms with Crippen molar-refractivity contribution < 1.29 is 9.59 Å². The molecule has 0 bridgehead atoms. The van der Waals surface area contributed by atoms with E-state index >= 15 is 0 Å². The molecular weight excluding hydrogens is 286 g/mol. The van der Waals surface area contributed by atoms with Gasteiger partial charge in [-0.3, -0.25) is 9.59 Å². The first-order chi connectivity index (χ1) is 10.1. The molecule has 0 aliphatic carbocycles. The van der Waals surface area contributed by atoms with E-state index in [1.54, 1.807) is 24.3 Å². The van der Waals surface area contributed by atoms with Gasteiger partial charge in [-0.15, -0.1) is 11.3 Å². The van der Waals surface area contributed by atoms with E-state index in [0.29, 0.717) is 16.9 Å². The van der Waals surface area contributed by atoms with Crippen LogP contribution in [0.25, 0.3) is 10.2 Å². The Labute approximate surface area is 124 Å². The second-order valence-electron chi connectivity index (χ2n) is 4.45. The van der Waals surface area contributed by atoms with Crippen LogP contribution in [0.4, 0.5) is 5.82 Å². The summed E-state index contributed by atoms with van der Waals surface area (Å²) in [5.41, 5.74) is 1.05. The molecule has 3 aromatic rings. The number of carbonyl (C=O) groups is 2. The van der Waals surface area contributed by atoms with Gasteiger partial charge in [-0.05, 0) is 30.5 Å². The number of hydrogen-bond acceptors (Lipinski definition) is 5. The zero-order valence-corrected chi connectivity index (χ0v) is 12.0. The molecule has 2 heterocycles. The highest BCUT2D eigenvalue weighted by Gasteiger charge is 2.11. The zero-order chi connectivity index (χ0) is 14.8. The normalized spacial score (nSPS) is 10.5. The molecule has 0 atom stereocenters. The van der Waals surface area contributed by atoms with Gasteiger partial charge in [0.25, 0.3) is 5.91 Å². The highest BCUT2D eigenvalue weighted by molar-refractivity contribution is 7.16. The maximum absolute atomic E-state index is 12.2. The van der Waals surface area contributed by atoms with E-state index in [1.807, 2.05) is 11.4 Å². The van der Waals surface area contributed by atoms with Crippen LogP contribution in [0.2, 0.25) is 0 Å². The van der Waals surface area contributed by atoms with Crippen molar-refractivity contribution in [3.63, 3.8) is 0 Å². The first kappa shape index (κ1) is 13.4. The van der Waals surface area contributed by atoms with Crippen molar-refractivity contribution in [1.29, 1.82) is 0 Å². The Kier molecular flexibility index (Phi) is 3.45. The summed E-state index contributed by atoms with van der Waals surface area (Å²) in [5, 5.41) is 5.48. The first-order valence-electron chi connectivity index (χ1n) is 6.26. The van der Waals surface area contributed by atoms with Gasteiger partial charge in [-0.1, -0.05) is 12.1 Å². The number of anilines is 1. The van der Waals surface area contributed by atoms with Crippen molar-refractivity contribution >= 4 is 39.1 Å². The number of nitrogens with one attached hydrogen (secondary N) is 1. The van der Waals surface area contributed by atoms with Gasteiger partial charge in [0, 0.05) is 11.1 Å². The minimum absolute atomic E-state index is 0.0299. The van der Waals surface area contributed by atoms with Crippen molar-refractivity contribution in [2.45, 2.75) is 6.92 Å². The summed E-state index contributed by atoms with van der Waals surface area (Å²) in [5.74, 6) is 0.191. The van der Waals surface area contributed by atoms with Crippen LogP contribution in [0.3, 0.4) is 0 Å². The second kappa shape index (κ2) is 5.41. The third kappa shape index (κ3) is 2.66. The van der Waals surface area contributed by atoms with Crippen LogP contribution in [-0.4, -0.2) is 21.7 Å². The third-order valence-electron chi connectivity index (χ3n) is 3.05. The second-order valence-corrected chi connectivity index (χ2v) is 5.34. The molecule has 0 unspecified atom stereocenters. The summed E-state index contributed by atoms with van der Waals surface area (Å²) < 4.78 is 0. The molecule has 0 radical (unpaired) electrons. The molecule has 0 aliphatic rings. The summed E-state index contributed by atoms with van der Waals surface area (Å²) in [6, 6.07) is 8.39. The SMILES string of the molecule is CC(=O)c1ccc(C(=O)Nc2ncnc3sccc23)cc1. The van der Waals surface area contributed by atoms with Crippen LogP contribution in [0.1, 0.15) is 27.6 Å². The Morgan fingerprint density at radius 1 is 1.05 bits per heavy atom. The first-order valence-corrected chi connectivity index (χ1v) is 7.13. The van der Waals surface area contributed by atoms with E-state index in [1.165, 1.54) is 24.6 Å². The number of Topliss-reactive ketones (excluding diaryl/α,β-unsaturated/α-hetero) is 1. The highest BCUT2D eigenvalue weighted by Crippen LogP contribution is 2.24. The number of thiophene rings is 1. The number of hydrogen-bond donors (Lipinski definition) is 1. The molecule has 0 saturated heterocycles. The van der Waals surface area contributed by atoms with E-state index in [9.17, 15) is 9.59 Å². The number of nitrogens with zero attached hydrogens (tertiary/aromatic N) is 2. The van der Waals surface area contributed by atoms with Crippen molar-refractivity contribution in [3.05, 3.63) is 53.2 Å². The summed E-state index contributed by atoms with van der Waals surface area (Å²) in [4.78, 5) is 32.5. The lowest BCUT2D eigenvalue weighted by atomic mass is 10.1. The van der Waals surface area contributed by atoms with Crippen LogP contribution in [0.5, 0.6) is 0 Å². The smallest absolute Gasteiger partial charge is 0.256 e. The summed E-state index contributed by atoms with van der Waals surface area (Å²) >= 11 is 1.49. The minimum Gasteiger partial charge on any atom is -0.306 e. The molecule has 21 heavy (non-hydrogen) atoms. The maximum atomic E-state index is 12.2. The summed E-state index contributed by atoms with van der Waals surface area (Å²) in [7, 11) is 0. The fourth-order valence-electron chi connectivity index (χ4n) is 1.93. The Morgan fingerprint density at radius 2 is 1.76 bits per heavy atom. The van der Waals surface area contributed by atoms with Crippen LogP contribution in [0.15, 0.2) is 42.0 Å². The van der Waals surface area contributed by atoms with Gasteiger partial charge in [-0.2, -0.15) is 0 Å². The molecule has 1 amide bonds. The third-order valence-corrected chi connectivity index (χ3v) is 3.87. The maximum Gasteiger partial charge on any atom is 0.256 e. The molecule has 104 valence electrons. The Bertz CT molecular complexity index is 824. The van der Waals surface area contributed by atoms with Crippen LogP contribution < -0.4 is 5.32 Å². The molecule has 0 fully saturated rings. The number of rotatable bonds is 3. The lowest BCUT2D eigenvalue weighted by Gasteiger charge is -2.05. The van der Waals surface area contributed by atoms with Crippen molar-refractivity contribution in [2.24, 2.45) is 0 Å². The summed E-state index contributed by atoms with van der Waals surface area (Å²) in [6.07, 6.45) is 1.42. The van der Waals surface area contributed by atoms with Crippen molar-refractivity contribution in [2.75, 3.05) is 5.32 Å². The predicted molar refractivity (Wildman–Crippen MR) is 81.8 cm³/mol. The topological polar surface area (TPSA) is 72.0 Å². The lowest BCUT2D eigenvalue weighted by molar-refractivity contribution is 0.100. The van der Waals surface area contributed by atoms with Gasteiger partial charge < -0.3 is 5.32 Å². The van der Waals surface area contributed by atoms with Crippen molar-refractivity contribution in [1.82, 2.24) is 9.97 Å². The van der Waals surface area contributed by atoms with E-state index in [4.69, 9.17) is 0 Å². The molecule has 1 N–H and O–H groups in total. The highest BCUT2D eigenvalue weighted by atomic mass is 32.1. The van der Waals surface area contributed by atoms with Crippen LogP contribution >= 0.6 is 11.3 Å². The number of benzene rings is 1.